The predicted octanol–water partition coefficient (Wildman–Crippen LogP) is 2.43. The number of carbonyl (C=O) groups excluding carboxylic acids is 1. The van der Waals surface area contributed by atoms with Crippen LogP contribution in [0.15, 0.2) is 18.3 Å². The molecule has 108 valence electrons. The second-order valence-corrected chi connectivity index (χ2v) is 5.31. The zero-order chi connectivity index (χ0) is 14.7. The van der Waals surface area contributed by atoms with E-state index in [2.05, 4.69) is 17.2 Å². The van der Waals surface area contributed by atoms with Gasteiger partial charge >= 0.3 is 12.0 Å². The van der Waals surface area contributed by atoms with Crippen molar-refractivity contribution in [3.8, 4) is 0 Å². The number of piperidine rings is 1. The standard InChI is InChI=1S/C14H19N3O3/c1-9-5-7-17(10(2)8-9)14(20)16-11-4-3-6-15-12(11)13(18)19/h3-4,6,9-10H,5,7-8H2,1-2H3,(H,16,20)(H,18,19). The molecule has 2 unspecified atom stereocenters. The SMILES string of the molecule is CC1CCN(C(=O)Nc2cccnc2C(=O)O)C(C)C1. The summed E-state index contributed by atoms with van der Waals surface area (Å²) in [4.78, 5) is 28.8. The number of carbonyl (C=O) groups is 2. The van der Waals surface area contributed by atoms with Crippen LogP contribution in [-0.4, -0.2) is 39.6 Å². The van der Waals surface area contributed by atoms with E-state index in [4.69, 9.17) is 5.11 Å². The first kappa shape index (κ1) is 14.3. The third kappa shape index (κ3) is 3.07. The molecule has 0 bridgehead atoms. The molecular formula is C14H19N3O3. The molecule has 1 aromatic heterocycles. The van der Waals surface area contributed by atoms with Gasteiger partial charge in [0.1, 0.15) is 0 Å². The van der Waals surface area contributed by atoms with Crippen LogP contribution in [0.5, 0.6) is 0 Å². The highest BCUT2D eigenvalue weighted by atomic mass is 16.4. The van der Waals surface area contributed by atoms with Gasteiger partial charge in [-0.2, -0.15) is 0 Å². The highest BCUT2D eigenvalue weighted by Crippen LogP contribution is 2.23. The van der Waals surface area contributed by atoms with Crippen molar-refractivity contribution in [3.63, 3.8) is 0 Å². The zero-order valence-electron chi connectivity index (χ0n) is 11.7. The number of nitrogens with one attached hydrogen (secondary N) is 1. The first-order valence-corrected chi connectivity index (χ1v) is 6.75. The molecule has 1 aliphatic heterocycles. The smallest absolute Gasteiger partial charge is 0.356 e. The fourth-order valence-electron chi connectivity index (χ4n) is 2.57. The molecule has 0 aliphatic carbocycles. The number of pyridine rings is 1. The highest BCUT2D eigenvalue weighted by Gasteiger charge is 2.27. The third-order valence-corrected chi connectivity index (χ3v) is 3.65. The molecule has 1 fully saturated rings. The van der Waals surface area contributed by atoms with E-state index in [1.54, 1.807) is 17.0 Å². The molecule has 2 rings (SSSR count). The van der Waals surface area contributed by atoms with E-state index in [0.29, 0.717) is 12.5 Å². The topological polar surface area (TPSA) is 82.5 Å². The number of carboxylic acids is 1. The molecule has 1 saturated heterocycles. The summed E-state index contributed by atoms with van der Waals surface area (Å²) in [6.45, 7) is 4.88. The van der Waals surface area contributed by atoms with Gasteiger partial charge in [0.05, 0.1) is 5.69 Å². The van der Waals surface area contributed by atoms with Crippen molar-refractivity contribution in [1.29, 1.82) is 0 Å². The number of anilines is 1. The Hall–Kier alpha value is -2.11. The van der Waals surface area contributed by atoms with E-state index in [1.807, 2.05) is 6.92 Å². The van der Waals surface area contributed by atoms with Crippen molar-refractivity contribution in [3.05, 3.63) is 24.0 Å². The lowest BCUT2D eigenvalue weighted by molar-refractivity contribution is 0.0691. The number of aromatic nitrogens is 1. The van der Waals surface area contributed by atoms with E-state index in [-0.39, 0.29) is 23.5 Å². The molecule has 0 spiro atoms. The monoisotopic (exact) mass is 277 g/mol. The Balaban J connectivity index is 2.10. The number of amides is 2. The third-order valence-electron chi connectivity index (χ3n) is 3.65. The van der Waals surface area contributed by atoms with Crippen LogP contribution < -0.4 is 5.32 Å². The summed E-state index contributed by atoms with van der Waals surface area (Å²) in [6, 6.07) is 3.04. The molecule has 2 atom stereocenters. The fourth-order valence-corrected chi connectivity index (χ4v) is 2.57. The number of hydrogen-bond acceptors (Lipinski definition) is 3. The van der Waals surface area contributed by atoms with Crippen molar-refractivity contribution in [2.75, 3.05) is 11.9 Å². The minimum absolute atomic E-state index is 0.140. The summed E-state index contributed by atoms with van der Waals surface area (Å²) in [6.07, 6.45) is 3.33. The minimum Gasteiger partial charge on any atom is -0.476 e. The number of carboxylic acid groups (broad SMARTS) is 1. The van der Waals surface area contributed by atoms with Crippen molar-refractivity contribution in [2.24, 2.45) is 5.92 Å². The number of nitrogens with zero attached hydrogens (tertiary/aromatic N) is 2. The van der Waals surface area contributed by atoms with Gasteiger partial charge in [-0.1, -0.05) is 6.92 Å². The van der Waals surface area contributed by atoms with Gasteiger partial charge in [-0.25, -0.2) is 14.6 Å². The predicted molar refractivity (Wildman–Crippen MR) is 74.8 cm³/mol. The van der Waals surface area contributed by atoms with Gasteiger partial charge in [0.2, 0.25) is 0 Å². The summed E-state index contributed by atoms with van der Waals surface area (Å²) < 4.78 is 0. The minimum atomic E-state index is -1.15. The van der Waals surface area contributed by atoms with Crippen molar-refractivity contribution >= 4 is 17.7 Å². The van der Waals surface area contributed by atoms with Crippen molar-refractivity contribution in [2.45, 2.75) is 32.7 Å². The Bertz CT molecular complexity index is 518. The second-order valence-electron chi connectivity index (χ2n) is 5.31. The molecule has 6 heteroatoms. The molecule has 0 radical (unpaired) electrons. The van der Waals surface area contributed by atoms with Gasteiger partial charge in [0.15, 0.2) is 5.69 Å². The first-order valence-electron chi connectivity index (χ1n) is 6.75. The van der Waals surface area contributed by atoms with E-state index in [1.165, 1.54) is 6.20 Å². The van der Waals surface area contributed by atoms with E-state index in [9.17, 15) is 9.59 Å². The van der Waals surface area contributed by atoms with E-state index >= 15 is 0 Å². The first-order chi connectivity index (χ1) is 9.49. The van der Waals surface area contributed by atoms with Crippen LogP contribution in [0.1, 0.15) is 37.2 Å². The van der Waals surface area contributed by atoms with Gasteiger partial charge in [-0.15, -0.1) is 0 Å². The molecule has 0 saturated carbocycles. The molecule has 2 amide bonds. The van der Waals surface area contributed by atoms with Crippen LogP contribution in [-0.2, 0) is 0 Å². The maximum absolute atomic E-state index is 12.3. The lowest BCUT2D eigenvalue weighted by atomic mass is 9.94. The number of urea groups is 1. The molecule has 2 N–H and O–H groups in total. The Labute approximate surface area is 117 Å². The van der Waals surface area contributed by atoms with Crippen LogP contribution in [0.25, 0.3) is 0 Å². The van der Waals surface area contributed by atoms with Gasteiger partial charge in [-0.05, 0) is 37.8 Å². The fraction of sp³-hybridized carbons (Fsp3) is 0.500. The van der Waals surface area contributed by atoms with Gasteiger partial charge in [0, 0.05) is 18.8 Å². The Morgan fingerprint density at radius 1 is 1.45 bits per heavy atom. The molecule has 20 heavy (non-hydrogen) atoms. The Kier molecular flexibility index (Phi) is 4.22. The van der Waals surface area contributed by atoms with Crippen LogP contribution in [0.4, 0.5) is 10.5 Å². The van der Waals surface area contributed by atoms with Gasteiger partial charge in [0.25, 0.3) is 0 Å². The van der Waals surface area contributed by atoms with Crippen LogP contribution >= 0.6 is 0 Å². The molecule has 1 aliphatic rings. The van der Waals surface area contributed by atoms with Gasteiger partial charge in [-0.3, -0.25) is 0 Å². The normalized spacial score (nSPS) is 22.4. The Morgan fingerprint density at radius 2 is 2.20 bits per heavy atom. The highest BCUT2D eigenvalue weighted by molar-refractivity contribution is 5.98. The summed E-state index contributed by atoms with van der Waals surface area (Å²) in [7, 11) is 0. The molecular weight excluding hydrogens is 258 g/mol. The summed E-state index contributed by atoms with van der Waals surface area (Å²) in [5.41, 5.74) is 0.0923. The summed E-state index contributed by atoms with van der Waals surface area (Å²) in [5.74, 6) is -0.539. The molecule has 2 heterocycles. The molecule has 0 aromatic carbocycles. The van der Waals surface area contributed by atoms with Crippen LogP contribution in [0, 0.1) is 5.92 Å². The second kappa shape index (κ2) is 5.90. The lowest BCUT2D eigenvalue weighted by Crippen LogP contribution is -2.46. The van der Waals surface area contributed by atoms with Crippen LogP contribution in [0.2, 0.25) is 0 Å². The van der Waals surface area contributed by atoms with Crippen LogP contribution in [0.3, 0.4) is 0 Å². The average molecular weight is 277 g/mol. The summed E-state index contributed by atoms with van der Waals surface area (Å²) in [5, 5.41) is 11.7. The van der Waals surface area contributed by atoms with E-state index in [0.717, 1.165) is 12.8 Å². The van der Waals surface area contributed by atoms with Crippen molar-refractivity contribution < 1.29 is 14.7 Å². The Morgan fingerprint density at radius 3 is 2.85 bits per heavy atom. The molecule has 6 nitrogen and oxygen atoms in total. The lowest BCUT2D eigenvalue weighted by Gasteiger charge is -2.36. The quantitative estimate of drug-likeness (QED) is 0.869. The van der Waals surface area contributed by atoms with E-state index < -0.39 is 5.97 Å². The van der Waals surface area contributed by atoms with Gasteiger partial charge < -0.3 is 15.3 Å². The average Bonchev–Trinajstić information content (AvgIpc) is 2.38. The number of aromatic carboxylic acids is 1. The van der Waals surface area contributed by atoms with Crippen molar-refractivity contribution in [1.82, 2.24) is 9.88 Å². The number of hydrogen-bond donors (Lipinski definition) is 2. The summed E-state index contributed by atoms with van der Waals surface area (Å²) >= 11 is 0. The zero-order valence-corrected chi connectivity index (χ0v) is 11.7. The number of rotatable bonds is 2. The largest absolute Gasteiger partial charge is 0.476 e. The number of likely N-dealkylation sites (tertiary alicyclic amines) is 1. The maximum Gasteiger partial charge on any atom is 0.356 e. The maximum atomic E-state index is 12.3. The molecule has 1 aromatic rings.